The number of nitrogens with zero attached hydrogens (tertiary/aromatic N) is 3. The maximum Gasteiger partial charge on any atom is 0.327 e. The SMILES string of the molecule is CCc1[nH]n(-c2ccccc2)c(=O)c1C1=C([n+]2ccc(C)c(C)c2)C(=O)N(C2CCCCC2)C1=O. The predicted molar refractivity (Wildman–Crippen MR) is 134 cm³/mol. The lowest BCUT2D eigenvalue weighted by molar-refractivity contribution is -0.577. The standard InChI is InChI=1S/C28H30N4O3/c1-4-22-23(27(34)32(29-22)21-13-9-6-10-14-21)24-25(30-16-15-18(2)19(3)17-30)28(35)31(26(24)33)20-11-7-5-8-12-20/h6,9-10,13-17,20H,4-5,7-8,11-12H2,1-3H3/p+1. The van der Waals surface area contributed by atoms with Crippen LogP contribution in [-0.2, 0) is 16.0 Å². The molecule has 0 atom stereocenters. The molecule has 1 aliphatic carbocycles. The van der Waals surface area contributed by atoms with Crippen LogP contribution in [0.5, 0.6) is 0 Å². The minimum atomic E-state index is -0.367. The molecule has 2 aromatic heterocycles. The van der Waals surface area contributed by atoms with E-state index in [2.05, 4.69) is 5.10 Å². The summed E-state index contributed by atoms with van der Waals surface area (Å²) < 4.78 is 3.18. The Morgan fingerprint density at radius 3 is 2.31 bits per heavy atom. The van der Waals surface area contributed by atoms with E-state index in [1.165, 1.54) is 9.58 Å². The Balaban J connectivity index is 1.75. The molecule has 1 fully saturated rings. The lowest BCUT2D eigenvalue weighted by Gasteiger charge is -2.29. The Hall–Kier alpha value is -3.74. The number of pyridine rings is 1. The molecule has 0 spiro atoms. The van der Waals surface area contributed by atoms with Crippen molar-refractivity contribution < 1.29 is 14.2 Å². The number of aromatic nitrogens is 3. The average Bonchev–Trinajstić information content (AvgIpc) is 3.33. The molecule has 3 heterocycles. The van der Waals surface area contributed by atoms with Crippen molar-refractivity contribution in [1.29, 1.82) is 0 Å². The maximum absolute atomic E-state index is 14.0. The van der Waals surface area contributed by atoms with Crippen molar-refractivity contribution in [2.45, 2.75) is 65.3 Å². The van der Waals surface area contributed by atoms with E-state index in [-0.39, 0.29) is 40.2 Å². The van der Waals surface area contributed by atoms with E-state index in [1.54, 1.807) is 10.8 Å². The zero-order valence-electron chi connectivity index (χ0n) is 20.5. The molecular weight excluding hydrogens is 440 g/mol. The minimum Gasteiger partial charge on any atom is -0.294 e. The Bertz CT molecular complexity index is 1390. The fourth-order valence-corrected chi connectivity index (χ4v) is 5.24. The molecule has 1 N–H and O–H groups in total. The van der Waals surface area contributed by atoms with Crippen LogP contribution in [0.4, 0.5) is 0 Å². The molecular formula is C28H31N4O3+. The van der Waals surface area contributed by atoms with E-state index in [4.69, 9.17) is 0 Å². The Morgan fingerprint density at radius 1 is 0.943 bits per heavy atom. The second kappa shape index (κ2) is 9.13. The van der Waals surface area contributed by atoms with Gasteiger partial charge in [-0.3, -0.25) is 24.4 Å². The summed E-state index contributed by atoms with van der Waals surface area (Å²) in [6.45, 7) is 5.92. The van der Waals surface area contributed by atoms with E-state index in [9.17, 15) is 14.4 Å². The van der Waals surface area contributed by atoms with E-state index < -0.39 is 0 Å². The third-order valence-electron chi connectivity index (χ3n) is 7.31. The largest absolute Gasteiger partial charge is 0.327 e. The van der Waals surface area contributed by atoms with Gasteiger partial charge in [-0.05, 0) is 50.8 Å². The number of amides is 2. The van der Waals surface area contributed by atoms with Crippen molar-refractivity contribution in [3.05, 3.63) is 81.5 Å². The molecule has 180 valence electrons. The number of nitrogens with one attached hydrogen (secondary N) is 1. The Kier molecular flexibility index (Phi) is 6.01. The number of benzene rings is 1. The lowest BCUT2D eigenvalue weighted by Crippen LogP contribution is -2.45. The van der Waals surface area contributed by atoms with Crippen molar-refractivity contribution in [1.82, 2.24) is 14.7 Å². The lowest BCUT2D eigenvalue weighted by atomic mass is 9.94. The molecule has 7 heteroatoms. The van der Waals surface area contributed by atoms with E-state index in [0.29, 0.717) is 17.8 Å². The highest BCUT2D eigenvalue weighted by Crippen LogP contribution is 2.35. The number of aryl methyl sites for hydroxylation is 3. The van der Waals surface area contributed by atoms with Crippen LogP contribution in [0, 0.1) is 13.8 Å². The third kappa shape index (κ3) is 3.85. The smallest absolute Gasteiger partial charge is 0.294 e. The fourth-order valence-electron chi connectivity index (χ4n) is 5.24. The van der Waals surface area contributed by atoms with Gasteiger partial charge < -0.3 is 0 Å². The molecule has 5 rings (SSSR count). The summed E-state index contributed by atoms with van der Waals surface area (Å²) in [4.78, 5) is 43.1. The summed E-state index contributed by atoms with van der Waals surface area (Å²) in [6.07, 6.45) is 8.91. The maximum atomic E-state index is 14.0. The molecule has 0 radical (unpaired) electrons. The number of carbonyl (C=O) groups is 2. The average molecular weight is 472 g/mol. The van der Waals surface area contributed by atoms with Crippen LogP contribution in [0.1, 0.15) is 61.4 Å². The highest BCUT2D eigenvalue weighted by molar-refractivity contribution is 6.44. The van der Waals surface area contributed by atoms with Crippen LogP contribution in [0.3, 0.4) is 0 Å². The second-order valence-corrected chi connectivity index (χ2v) is 9.51. The minimum absolute atomic E-state index is 0.135. The van der Waals surface area contributed by atoms with Crippen molar-refractivity contribution >= 4 is 23.1 Å². The van der Waals surface area contributed by atoms with Gasteiger partial charge in [-0.25, -0.2) is 4.68 Å². The zero-order valence-corrected chi connectivity index (χ0v) is 20.5. The van der Waals surface area contributed by atoms with Gasteiger partial charge in [-0.2, -0.15) is 4.57 Å². The van der Waals surface area contributed by atoms with Gasteiger partial charge in [0.1, 0.15) is 5.57 Å². The number of aromatic amines is 1. The van der Waals surface area contributed by atoms with E-state index >= 15 is 0 Å². The first kappa shape index (κ1) is 23.0. The van der Waals surface area contributed by atoms with Crippen LogP contribution >= 0.6 is 0 Å². The Labute approximate surface area is 204 Å². The molecule has 1 aliphatic heterocycles. The molecule has 1 aromatic carbocycles. The summed E-state index contributed by atoms with van der Waals surface area (Å²) in [7, 11) is 0. The number of hydrogen-bond donors (Lipinski definition) is 1. The number of hydrogen-bond acceptors (Lipinski definition) is 3. The van der Waals surface area contributed by atoms with Gasteiger partial charge in [0.05, 0.1) is 11.3 Å². The van der Waals surface area contributed by atoms with Crippen molar-refractivity contribution in [2.24, 2.45) is 0 Å². The van der Waals surface area contributed by atoms with Crippen molar-refractivity contribution in [3.63, 3.8) is 0 Å². The highest BCUT2D eigenvalue weighted by Gasteiger charge is 2.49. The summed E-state index contributed by atoms with van der Waals surface area (Å²) in [5.41, 5.74) is 3.83. The van der Waals surface area contributed by atoms with Gasteiger partial charge in [-0.1, -0.05) is 44.4 Å². The molecule has 1 saturated carbocycles. The van der Waals surface area contributed by atoms with Crippen molar-refractivity contribution in [2.75, 3.05) is 0 Å². The van der Waals surface area contributed by atoms with Gasteiger partial charge in [0.25, 0.3) is 17.2 Å². The summed E-state index contributed by atoms with van der Waals surface area (Å²) >= 11 is 0. The molecule has 7 nitrogen and oxygen atoms in total. The van der Waals surface area contributed by atoms with Gasteiger partial charge in [0.15, 0.2) is 12.4 Å². The molecule has 2 aliphatic rings. The third-order valence-corrected chi connectivity index (χ3v) is 7.31. The number of para-hydroxylation sites is 1. The number of carbonyl (C=O) groups excluding carboxylic acids is 2. The van der Waals surface area contributed by atoms with Gasteiger partial charge in [-0.15, -0.1) is 0 Å². The first-order chi connectivity index (χ1) is 16.9. The summed E-state index contributed by atoms with van der Waals surface area (Å²) in [6, 6.07) is 11.1. The number of imide groups is 1. The molecule has 35 heavy (non-hydrogen) atoms. The van der Waals surface area contributed by atoms with E-state index in [0.717, 1.165) is 43.2 Å². The molecule has 0 bridgehead atoms. The zero-order chi connectivity index (χ0) is 24.7. The van der Waals surface area contributed by atoms with Crippen LogP contribution < -0.4 is 10.1 Å². The van der Waals surface area contributed by atoms with Crippen LogP contribution in [0.2, 0.25) is 0 Å². The highest BCUT2D eigenvalue weighted by atomic mass is 16.2. The Morgan fingerprint density at radius 2 is 1.66 bits per heavy atom. The molecule has 3 aromatic rings. The van der Waals surface area contributed by atoms with Gasteiger partial charge in [0.2, 0.25) is 0 Å². The van der Waals surface area contributed by atoms with Crippen LogP contribution in [0.25, 0.3) is 17.0 Å². The van der Waals surface area contributed by atoms with Gasteiger partial charge >= 0.3 is 5.91 Å². The normalized spacial score (nSPS) is 17.1. The van der Waals surface area contributed by atoms with Gasteiger partial charge in [0, 0.05) is 23.4 Å². The monoisotopic (exact) mass is 471 g/mol. The van der Waals surface area contributed by atoms with Crippen LogP contribution in [0.15, 0.2) is 53.6 Å². The van der Waals surface area contributed by atoms with E-state index in [1.807, 2.05) is 63.4 Å². The quantitative estimate of drug-likeness (QED) is 0.455. The first-order valence-electron chi connectivity index (χ1n) is 12.4. The molecule has 2 amide bonds. The van der Waals surface area contributed by atoms with Crippen molar-refractivity contribution in [3.8, 4) is 5.69 Å². The predicted octanol–water partition coefficient (Wildman–Crippen LogP) is 3.70. The molecule has 0 unspecified atom stereocenters. The first-order valence-corrected chi connectivity index (χ1v) is 12.4. The topological polar surface area (TPSA) is 79.1 Å². The molecule has 0 saturated heterocycles. The summed E-state index contributed by atoms with van der Waals surface area (Å²) in [5.74, 6) is -0.687. The van der Waals surface area contributed by atoms with Crippen LogP contribution in [-0.4, -0.2) is 32.5 Å². The second-order valence-electron chi connectivity index (χ2n) is 9.51. The fraction of sp³-hybridized carbons (Fsp3) is 0.357. The number of rotatable bonds is 5. The number of H-pyrrole nitrogens is 1. The summed E-state index contributed by atoms with van der Waals surface area (Å²) in [5, 5.41) is 3.19.